The van der Waals surface area contributed by atoms with E-state index in [1.54, 1.807) is 0 Å². The minimum atomic E-state index is 0.0694. The first-order valence-corrected chi connectivity index (χ1v) is 10.6. The molecule has 2 aromatic carbocycles. The Labute approximate surface area is 181 Å². The molecule has 31 heavy (non-hydrogen) atoms. The summed E-state index contributed by atoms with van der Waals surface area (Å²) >= 11 is 0. The van der Waals surface area contributed by atoms with E-state index in [-0.39, 0.29) is 5.91 Å². The number of ether oxygens (including phenoxy) is 2. The van der Waals surface area contributed by atoms with Crippen molar-refractivity contribution >= 4 is 5.91 Å². The fourth-order valence-electron chi connectivity index (χ4n) is 4.34. The fourth-order valence-corrected chi connectivity index (χ4v) is 4.34. The number of nitrogens with zero attached hydrogens (tertiary/aromatic N) is 4. The van der Waals surface area contributed by atoms with E-state index in [0.29, 0.717) is 25.4 Å². The third-order valence-corrected chi connectivity index (χ3v) is 6.01. The number of carbonyl (C=O) groups is 1. The number of benzene rings is 2. The topological polar surface area (TPSA) is 59.8 Å². The van der Waals surface area contributed by atoms with E-state index in [0.717, 1.165) is 48.2 Å². The van der Waals surface area contributed by atoms with E-state index in [9.17, 15) is 4.79 Å². The largest absolute Gasteiger partial charge is 0.454 e. The zero-order valence-corrected chi connectivity index (χ0v) is 17.9. The summed E-state index contributed by atoms with van der Waals surface area (Å²) in [5.41, 5.74) is 4.54. The second kappa shape index (κ2) is 8.07. The number of para-hydroxylation sites is 1. The molecular formula is C24H26N4O3. The summed E-state index contributed by atoms with van der Waals surface area (Å²) in [6, 6.07) is 16.0. The van der Waals surface area contributed by atoms with Crippen molar-refractivity contribution in [1.82, 2.24) is 19.6 Å². The number of hydrogen-bond acceptors (Lipinski definition) is 5. The Morgan fingerprint density at radius 3 is 2.48 bits per heavy atom. The van der Waals surface area contributed by atoms with E-state index >= 15 is 0 Å². The van der Waals surface area contributed by atoms with Crippen molar-refractivity contribution in [3.05, 3.63) is 71.0 Å². The lowest BCUT2D eigenvalue weighted by atomic mass is 10.1. The van der Waals surface area contributed by atoms with E-state index in [2.05, 4.69) is 16.1 Å². The maximum absolute atomic E-state index is 13.3. The van der Waals surface area contributed by atoms with Crippen LogP contribution in [0.5, 0.6) is 11.5 Å². The van der Waals surface area contributed by atoms with Gasteiger partial charge in [-0.05, 0) is 43.7 Å². The summed E-state index contributed by atoms with van der Waals surface area (Å²) in [4.78, 5) is 17.6. The quantitative estimate of drug-likeness (QED) is 0.651. The Bertz CT molecular complexity index is 1100. The zero-order valence-electron chi connectivity index (χ0n) is 17.9. The molecule has 0 radical (unpaired) electrons. The maximum atomic E-state index is 13.3. The molecule has 5 rings (SSSR count). The van der Waals surface area contributed by atoms with E-state index in [4.69, 9.17) is 9.47 Å². The van der Waals surface area contributed by atoms with Gasteiger partial charge in [-0.1, -0.05) is 24.3 Å². The first-order chi connectivity index (χ1) is 15.1. The van der Waals surface area contributed by atoms with Crippen molar-refractivity contribution < 1.29 is 14.3 Å². The van der Waals surface area contributed by atoms with Crippen LogP contribution in [-0.4, -0.2) is 58.5 Å². The van der Waals surface area contributed by atoms with Gasteiger partial charge in [-0.15, -0.1) is 0 Å². The van der Waals surface area contributed by atoms with Crippen molar-refractivity contribution in [2.45, 2.75) is 20.4 Å². The molecule has 7 nitrogen and oxygen atoms in total. The summed E-state index contributed by atoms with van der Waals surface area (Å²) < 4.78 is 12.7. The van der Waals surface area contributed by atoms with Crippen molar-refractivity contribution in [3.63, 3.8) is 0 Å². The van der Waals surface area contributed by atoms with E-state index in [1.165, 1.54) is 5.56 Å². The van der Waals surface area contributed by atoms with Crippen molar-refractivity contribution in [1.29, 1.82) is 0 Å². The molecule has 0 spiro atoms. The standard InChI is InChI=1S/C24H26N4O3/c1-17-23(18(2)28(25-17)20-6-4-3-5-7-20)24(29)27-12-10-26(11-13-27)15-19-8-9-21-22(14-19)31-16-30-21/h3-9,14H,10-13,15-16H2,1-2H3. The Balaban J connectivity index is 1.25. The van der Waals surface area contributed by atoms with Crippen LogP contribution in [0.15, 0.2) is 48.5 Å². The second-order valence-electron chi connectivity index (χ2n) is 8.05. The van der Waals surface area contributed by atoms with Gasteiger partial charge in [0.25, 0.3) is 5.91 Å². The van der Waals surface area contributed by atoms with Crippen LogP contribution in [0.3, 0.4) is 0 Å². The van der Waals surface area contributed by atoms with Gasteiger partial charge in [0.1, 0.15) is 0 Å². The molecule has 0 bridgehead atoms. The molecule has 2 aliphatic heterocycles. The molecule has 0 N–H and O–H groups in total. The van der Waals surface area contributed by atoms with Gasteiger partial charge in [0.15, 0.2) is 11.5 Å². The summed E-state index contributed by atoms with van der Waals surface area (Å²) in [7, 11) is 0. The average Bonchev–Trinajstić information content (AvgIpc) is 3.38. The number of rotatable bonds is 4. The van der Waals surface area contributed by atoms with Gasteiger partial charge in [0.05, 0.1) is 22.6 Å². The predicted octanol–water partition coefficient (Wildman–Crippen LogP) is 3.18. The number of aromatic nitrogens is 2. The number of aryl methyl sites for hydroxylation is 1. The molecule has 1 amide bonds. The second-order valence-corrected chi connectivity index (χ2v) is 8.05. The van der Waals surface area contributed by atoms with Crippen LogP contribution in [0.2, 0.25) is 0 Å². The van der Waals surface area contributed by atoms with Crippen LogP contribution in [0.4, 0.5) is 0 Å². The van der Waals surface area contributed by atoms with Crippen molar-refractivity contribution in [2.24, 2.45) is 0 Å². The average molecular weight is 418 g/mol. The van der Waals surface area contributed by atoms with Crippen molar-refractivity contribution in [2.75, 3.05) is 33.0 Å². The fraction of sp³-hybridized carbons (Fsp3) is 0.333. The Morgan fingerprint density at radius 2 is 1.71 bits per heavy atom. The normalized spacial score (nSPS) is 16.0. The Hall–Kier alpha value is -3.32. The summed E-state index contributed by atoms with van der Waals surface area (Å²) in [6.07, 6.45) is 0. The molecule has 0 saturated carbocycles. The number of amides is 1. The van der Waals surface area contributed by atoms with E-state index in [1.807, 2.05) is 65.9 Å². The summed E-state index contributed by atoms with van der Waals surface area (Å²) in [5.74, 6) is 1.69. The lowest BCUT2D eigenvalue weighted by Crippen LogP contribution is -2.48. The highest BCUT2D eigenvalue weighted by Gasteiger charge is 2.27. The molecule has 3 aromatic rings. The SMILES string of the molecule is Cc1nn(-c2ccccc2)c(C)c1C(=O)N1CCN(Cc2ccc3c(c2)OCO3)CC1. The van der Waals surface area contributed by atoms with Gasteiger partial charge in [0.2, 0.25) is 6.79 Å². The Kier molecular flexibility index (Phi) is 5.11. The highest BCUT2D eigenvalue weighted by molar-refractivity contribution is 5.96. The van der Waals surface area contributed by atoms with E-state index < -0.39 is 0 Å². The monoisotopic (exact) mass is 418 g/mol. The molecule has 0 unspecified atom stereocenters. The number of piperazine rings is 1. The maximum Gasteiger partial charge on any atom is 0.257 e. The molecule has 0 atom stereocenters. The molecule has 0 aliphatic carbocycles. The third-order valence-electron chi connectivity index (χ3n) is 6.01. The van der Waals surface area contributed by atoms with Crippen LogP contribution in [0.25, 0.3) is 5.69 Å². The molecule has 2 aliphatic rings. The first-order valence-electron chi connectivity index (χ1n) is 10.6. The predicted molar refractivity (Wildman–Crippen MR) is 117 cm³/mol. The van der Waals surface area contributed by atoms with Crippen LogP contribution in [-0.2, 0) is 6.54 Å². The minimum absolute atomic E-state index is 0.0694. The minimum Gasteiger partial charge on any atom is -0.454 e. The Morgan fingerprint density at radius 1 is 0.968 bits per heavy atom. The number of carbonyl (C=O) groups excluding carboxylic acids is 1. The van der Waals surface area contributed by atoms with Crippen LogP contribution < -0.4 is 9.47 Å². The number of fused-ring (bicyclic) bond motifs is 1. The van der Waals surface area contributed by atoms with Gasteiger partial charge in [-0.3, -0.25) is 9.69 Å². The highest BCUT2D eigenvalue weighted by Crippen LogP contribution is 2.33. The van der Waals surface area contributed by atoms with Gasteiger partial charge in [-0.25, -0.2) is 4.68 Å². The van der Waals surface area contributed by atoms with Crippen LogP contribution in [0.1, 0.15) is 27.3 Å². The van der Waals surface area contributed by atoms with Crippen LogP contribution in [0, 0.1) is 13.8 Å². The van der Waals surface area contributed by atoms with Crippen LogP contribution >= 0.6 is 0 Å². The van der Waals surface area contributed by atoms with Gasteiger partial charge in [-0.2, -0.15) is 5.10 Å². The molecule has 3 heterocycles. The summed E-state index contributed by atoms with van der Waals surface area (Å²) in [6.45, 7) is 8.10. The van der Waals surface area contributed by atoms with Gasteiger partial charge in [0, 0.05) is 32.7 Å². The zero-order chi connectivity index (χ0) is 21.4. The van der Waals surface area contributed by atoms with Crippen molar-refractivity contribution in [3.8, 4) is 17.2 Å². The highest BCUT2D eigenvalue weighted by atomic mass is 16.7. The van der Waals surface area contributed by atoms with Gasteiger partial charge >= 0.3 is 0 Å². The molecule has 1 aromatic heterocycles. The molecule has 1 saturated heterocycles. The molecule has 7 heteroatoms. The molecule has 160 valence electrons. The third kappa shape index (κ3) is 3.77. The molecular weight excluding hydrogens is 392 g/mol. The van der Waals surface area contributed by atoms with Gasteiger partial charge < -0.3 is 14.4 Å². The first kappa shape index (κ1) is 19.6. The summed E-state index contributed by atoms with van der Waals surface area (Å²) in [5, 5.41) is 4.63. The molecule has 1 fully saturated rings. The number of hydrogen-bond donors (Lipinski definition) is 0. The smallest absolute Gasteiger partial charge is 0.257 e. The lowest BCUT2D eigenvalue weighted by molar-refractivity contribution is 0.0627. The lowest BCUT2D eigenvalue weighted by Gasteiger charge is -2.34.